The minimum Gasteiger partial charge on any atom is -0.412 e. The van der Waals surface area contributed by atoms with Crippen LogP contribution in [0.25, 0.3) is 0 Å². The van der Waals surface area contributed by atoms with Gasteiger partial charge in [0.25, 0.3) is 0 Å². The zero-order valence-corrected chi connectivity index (χ0v) is 10.00. The van der Waals surface area contributed by atoms with Gasteiger partial charge in [-0.05, 0) is 12.3 Å². The van der Waals surface area contributed by atoms with Crippen LogP contribution in [0.2, 0.25) is 0 Å². The van der Waals surface area contributed by atoms with Gasteiger partial charge in [-0.3, -0.25) is 9.11 Å². The summed E-state index contributed by atoms with van der Waals surface area (Å²) in [4.78, 5) is 0. The smallest absolute Gasteiger partial charge is 0.394 e. The summed E-state index contributed by atoms with van der Waals surface area (Å²) in [6.07, 6.45) is 4.75. The van der Waals surface area contributed by atoms with Crippen molar-refractivity contribution >= 4 is 10.4 Å². The van der Waals surface area contributed by atoms with Crippen molar-refractivity contribution in [3.63, 3.8) is 0 Å². The average Bonchev–Trinajstić information content (AvgIpc) is 1.94. The van der Waals surface area contributed by atoms with Gasteiger partial charge in [0.15, 0.2) is 0 Å². The Morgan fingerprint density at radius 3 is 1.73 bits per heavy atom. The van der Waals surface area contributed by atoms with Crippen molar-refractivity contribution in [3.05, 3.63) is 0 Å². The van der Waals surface area contributed by atoms with Crippen molar-refractivity contribution in [2.45, 2.75) is 39.5 Å². The highest BCUT2D eigenvalue weighted by atomic mass is 32.3. The molecule has 5 N–H and O–H groups in total. The molecule has 96 valence electrons. The SMILES string of the molecule is CC(C)CCCCCO.O.O=S(=O)(O)O. The maximum absolute atomic E-state index is 8.74. The summed E-state index contributed by atoms with van der Waals surface area (Å²) in [5.41, 5.74) is 0. The van der Waals surface area contributed by atoms with E-state index in [4.69, 9.17) is 22.6 Å². The van der Waals surface area contributed by atoms with E-state index in [-0.39, 0.29) is 5.48 Å². The molecule has 0 heterocycles. The van der Waals surface area contributed by atoms with E-state index in [2.05, 4.69) is 13.8 Å². The van der Waals surface area contributed by atoms with Crippen LogP contribution < -0.4 is 0 Å². The van der Waals surface area contributed by atoms with E-state index in [0.717, 1.165) is 12.3 Å². The molecule has 0 aliphatic rings. The highest BCUT2D eigenvalue weighted by Gasteiger charge is 1.92. The summed E-state index contributed by atoms with van der Waals surface area (Å²) < 4.78 is 31.6. The number of rotatable bonds is 5. The van der Waals surface area contributed by atoms with Crippen molar-refractivity contribution in [1.29, 1.82) is 0 Å². The monoisotopic (exact) mass is 246 g/mol. The lowest BCUT2D eigenvalue weighted by molar-refractivity contribution is 0.281. The van der Waals surface area contributed by atoms with Crippen molar-refractivity contribution in [3.8, 4) is 0 Å². The Morgan fingerprint density at radius 1 is 1.07 bits per heavy atom. The molecule has 7 heteroatoms. The van der Waals surface area contributed by atoms with E-state index in [1.807, 2.05) is 0 Å². The second-order valence-corrected chi connectivity index (χ2v) is 4.31. The lowest BCUT2D eigenvalue weighted by Crippen LogP contribution is -1.89. The van der Waals surface area contributed by atoms with Gasteiger partial charge in [0.2, 0.25) is 0 Å². The molecule has 0 amide bonds. The lowest BCUT2D eigenvalue weighted by Gasteiger charge is -2.01. The molecule has 0 saturated carbocycles. The summed E-state index contributed by atoms with van der Waals surface area (Å²) in [5, 5.41) is 8.43. The fourth-order valence-corrected chi connectivity index (χ4v) is 0.841. The summed E-state index contributed by atoms with van der Waals surface area (Å²) in [6.45, 7) is 4.83. The second kappa shape index (κ2) is 11.9. The van der Waals surface area contributed by atoms with Crippen LogP contribution >= 0.6 is 0 Å². The zero-order valence-electron chi connectivity index (χ0n) is 9.18. The maximum Gasteiger partial charge on any atom is 0.394 e. The lowest BCUT2D eigenvalue weighted by atomic mass is 10.1. The predicted molar refractivity (Wildman–Crippen MR) is 58.2 cm³/mol. The topological polar surface area (TPSA) is 126 Å². The van der Waals surface area contributed by atoms with Crippen LogP contribution in [0.4, 0.5) is 0 Å². The number of hydrogen-bond acceptors (Lipinski definition) is 3. The highest BCUT2D eigenvalue weighted by molar-refractivity contribution is 7.79. The quantitative estimate of drug-likeness (QED) is 0.486. The maximum atomic E-state index is 8.74. The van der Waals surface area contributed by atoms with Gasteiger partial charge in [0.05, 0.1) is 0 Å². The van der Waals surface area contributed by atoms with Gasteiger partial charge in [-0.25, -0.2) is 0 Å². The van der Waals surface area contributed by atoms with Crippen LogP contribution in [0.1, 0.15) is 39.5 Å². The Morgan fingerprint density at radius 2 is 1.47 bits per heavy atom. The van der Waals surface area contributed by atoms with E-state index < -0.39 is 10.4 Å². The van der Waals surface area contributed by atoms with Crippen molar-refractivity contribution < 1.29 is 28.1 Å². The zero-order chi connectivity index (χ0) is 11.6. The first-order valence-electron chi connectivity index (χ1n) is 4.58. The molecule has 0 radical (unpaired) electrons. The van der Waals surface area contributed by atoms with Crippen LogP contribution in [0.15, 0.2) is 0 Å². The van der Waals surface area contributed by atoms with E-state index in [9.17, 15) is 0 Å². The Balaban J connectivity index is -0.000000208. The molecule has 0 aromatic rings. The molecule has 0 unspecified atom stereocenters. The van der Waals surface area contributed by atoms with Crippen LogP contribution in [0, 0.1) is 5.92 Å². The number of aliphatic hydroxyl groups excluding tert-OH is 1. The molecule has 0 saturated heterocycles. The first-order valence-corrected chi connectivity index (χ1v) is 5.97. The van der Waals surface area contributed by atoms with Gasteiger partial charge >= 0.3 is 10.4 Å². The van der Waals surface area contributed by atoms with Crippen LogP contribution in [0.3, 0.4) is 0 Å². The molecular weight excluding hydrogens is 224 g/mol. The van der Waals surface area contributed by atoms with Gasteiger partial charge < -0.3 is 10.6 Å². The summed E-state index contributed by atoms with van der Waals surface area (Å²) in [5.74, 6) is 0.823. The number of hydrogen-bond donors (Lipinski definition) is 3. The predicted octanol–water partition coefficient (Wildman–Crippen LogP) is 0.718. The molecule has 15 heavy (non-hydrogen) atoms. The van der Waals surface area contributed by atoms with Gasteiger partial charge in [-0.15, -0.1) is 0 Å². The van der Waals surface area contributed by atoms with E-state index >= 15 is 0 Å². The molecule has 0 atom stereocenters. The average molecular weight is 246 g/mol. The molecule has 0 spiro atoms. The van der Waals surface area contributed by atoms with Crippen LogP contribution in [-0.4, -0.2) is 34.7 Å². The summed E-state index contributed by atoms with van der Waals surface area (Å²) >= 11 is 0. The van der Waals surface area contributed by atoms with E-state index in [0.29, 0.717) is 6.61 Å². The summed E-state index contributed by atoms with van der Waals surface area (Å²) in [6, 6.07) is 0. The molecule has 0 fully saturated rings. The molecule has 0 bridgehead atoms. The Kier molecular flexibility index (Phi) is 16.0. The number of unbranched alkanes of at least 4 members (excludes halogenated alkanes) is 2. The highest BCUT2D eigenvalue weighted by Crippen LogP contribution is 2.06. The Hall–Kier alpha value is -0.210. The molecule has 0 aliphatic heterocycles. The Bertz CT molecular complexity index is 191. The first kappa shape index (κ1) is 20.2. The van der Waals surface area contributed by atoms with E-state index in [1.54, 1.807) is 0 Å². The third-order valence-corrected chi connectivity index (χ3v) is 1.44. The molecule has 0 rings (SSSR count). The third kappa shape index (κ3) is 57.2. The standard InChI is InChI=1S/C8H18O.H2O4S.H2O/c1-8(2)6-4-3-5-7-9;1-5(2,3)4;/h8-9H,3-7H2,1-2H3;(H2,1,2,3,4);1H2. The fourth-order valence-electron chi connectivity index (χ4n) is 0.841. The van der Waals surface area contributed by atoms with Gasteiger partial charge in [-0.1, -0.05) is 33.1 Å². The molecular formula is C8H22O6S. The number of aliphatic hydroxyl groups is 1. The van der Waals surface area contributed by atoms with Gasteiger partial charge in [0, 0.05) is 6.61 Å². The van der Waals surface area contributed by atoms with Crippen LogP contribution in [0.5, 0.6) is 0 Å². The minimum absolute atomic E-state index is 0. The molecule has 0 aliphatic carbocycles. The normalized spacial score (nSPS) is 10.3. The van der Waals surface area contributed by atoms with Crippen molar-refractivity contribution in [1.82, 2.24) is 0 Å². The van der Waals surface area contributed by atoms with Gasteiger partial charge in [-0.2, -0.15) is 8.42 Å². The minimum atomic E-state index is -4.67. The van der Waals surface area contributed by atoms with Crippen molar-refractivity contribution in [2.24, 2.45) is 5.92 Å². The van der Waals surface area contributed by atoms with E-state index in [1.165, 1.54) is 19.3 Å². The largest absolute Gasteiger partial charge is 0.412 e. The van der Waals surface area contributed by atoms with Gasteiger partial charge in [0.1, 0.15) is 0 Å². The second-order valence-electron chi connectivity index (χ2n) is 3.41. The molecule has 0 aromatic heterocycles. The fraction of sp³-hybridized carbons (Fsp3) is 1.00. The van der Waals surface area contributed by atoms with Crippen LogP contribution in [-0.2, 0) is 10.4 Å². The van der Waals surface area contributed by atoms with Crippen molar-refractivity contribution in [2.75, 3.05) is 6.61 Å². The first-order chi connectivity index (χ1) is 6.27. The molecule has 0 aromatic carbocycles. The Labute approximate surface area is 91.2 Å². The third-order valence-electron chi connectivity index (χ3n) is 1.44. The summed E-state index contributed by atoms with van der Waals surface area (Å²) in [7, 11) is -4.67. The molecule has 6 nitrogen and oxygen atoms in total.